The van der Waals surface area contributed by atoms with E-state index in [4.69, 9.17) is 4.74 Å². The van der Waals surface area contributed by atoms with Crippen LogP contribution in [0.4, 0.5) is 5.69 Å². The summed E-state index contributed by atoms with van der Waals surface area (Å²) in [6.07, 6.45) is 0. The van der Waals surface area contributed by atoms with Crippen molar-refractivity contribution >= 4 is 21.6 Å². The van der Waals surface area contributed by atoms with Crippen molar-refractivity contribution in [1.82, 2.24) is 0 Å². The number of amides is 1. The minimum absolute atomic E-state index is 0.160. The van der Waals surface area contributed by atoms with Crippen LogP contribution in [0.1, 0.15) is 10.4 Å². The van der Waals surface area contributed by atoms with Crippen molar-refractivity contribution in [2.45, 2.75) is 4.90 Å². The first-order chi connectivity index (χ1) is 12.9. The number of phenolic OH excluding ortho intramolecular Hbond substituents is 1. The Morgan fingerprint density at radius 1 is 0.926 bits per heavy atom. The van der Waals surface area contributed by atoms with E-state index < -0.39 is 15.9 Å². The number of methoxy groups -OCH3 is 1. The molecule has 0 aliphatic carbocycles. The highest BCUT2D eigenvalue weighted by Gasteiger charge is 2.32. The Bertz CT molecular complexity index is 1050. The molecule has 7 heteroatoms. The van der Waals surface area contributed by atoms with Crippen LogP contribution in [0.3, 0.4) is 0 Å². The molecular formula is C20H17NO5S. The molecule has 0 fully saturated rings. The van der Waals surface area contributed by atoms with Crippen molar-refractivity contribution in [3.05, 3.63) is 84.4 Å². The van der Waals surface area contributed by atoms with Crippen LogP contribution in [0.5, 0.6) is 11.5 Å². The zero-order chi connectivity index (χ0) is 19.4. The number of rotatable bonds is 5. The molecule has 6 nitrogen and oxygen atoms in total. The minimum Gasteiger partial charge on any atom is -0.508 e. The van der Waals surface area contributed by atoms with Gasteiger partial charge in [-0.2, -0.15) is 4.31 Å². The van der Waals surface area contributed by atoms with Crippen LogP contribution in [-0.2, 0) is 10.0 Å². The Morgan fingerprint density at radius 3 is 2.19 bits per heavy atom. The average molecular weight is 383 g/mol. The molecule has 0 aliphatic rings. The monoisotopic (exact) mass is 383 g/mol. The van der Waals surface area contributed by atoms with Gasteiger partial charge in [0.15, 0.2) is 0 Å². The summed E-state index contributed by atoms with van der Waals surface area (Å²) in [5.74, 6) is -0.386. The highest BCUT2D eigenvalue weighted by Crippen LogP contribution is 2.29. The Morgan fingerprint density at radius 2 is 1.59 bits per heavy atom. The van der Waals surface area contributed by atoms with Crippen LogP contribution in [0.2, 0.25) is 0 Å². The van der Waals surface area contributed by atoms with Crippen molar-refractivity contribution in [2.24, 2.45) is 0 Å². The molecular weight excluding hydrogens is 366 g/mol. The number of phenols is 1. The molecule has 1 N–H and O–H groups in total. The Hall–Kier alpha value is -3.32. The van der Waals surface area contributed by atoms with Gasteiger partial charge in [0.2, 0.25) is 0 Å². The number of hydrogen-bond acceptors (Lipinski definition) is 5. The smallest absolute Gasteiger partial charge is 0.272 e. The second-order valence-corrected chi connectivity index (χ2v) is 7.42. The third kappa shape index (κ3) is 3.78. The highest BCUT2D eigenvalue weighted by molar-refractivity contribution is 7.93. The van der Waals surface area contributed by atoms with Crippen LogP contribution >= 0.6 is 0 Å². The number of aromatic hydroxyl groups is 1. The summed E-state index contributed by atoms with van der Waals surface area (Å²) in [4.78, 5) is 12.9. The van der Waals surface area contributed by atoms with Gasteiger partial charge in [0, 0.05) is 11.6 Å². The molecule has 0 saturated heterocycles. The van der Waals surface area contributed by atoms with E-state index in [2.05, 4.69) is 0 Å². The van der Waals surface area contributed by atoms with E-state index >= 15 is 0 Å². The topological polar surface area (TPSA) is 83.9 Å². The molecule has 0 saturated carbocycles. The SMILES string of the molecule is COc1ccc(N(C(=O)c2ccccc2)S(=O)(=O)c2cccc(O)c2)cc1. The first kappa shape index (κ1) is 18.5. The lowest BCUT2D eigenvalue weighted by Crippen LogP contribution is -2.37. The van der Waals surface area contributed by atoms with Gasteiger partial charge in [-0.05, 0) is 48.5 Å². The average Bonchev–Trinajstić information content (AvgIpc) is 2.69. The number of benzene rings is 3. The molecule has 0 aliphatic heterocycles. The van der Waals surface area contributed by atoms with Crippen molar-refractivity contribution in [3.8, 4) is 11.5 Å². The molecule has 0 atom stereocenters. The third-order valence-corrected chi connectivity index (χ3v) is 5.57. The third-order valence-electron chi connectivity index (χ3n) is 3.87. The minimum atomic E-state index is -4.26. The molecule has 0 radical (unpaired) electrons. The quantitative estimate of drug-likeness (QED) is 0.730. The van der Waals surface area contributed by atoms with Crippen LogP contribution in [0.15, 0.2) is 83.8 Å². The lowest BCUT2D eigenvalue weighted by molar-refractivity contribution is 0.101. The predicted molar refractivity (Wildman–Crippen MR) is 102 cm³/mol. The molecule has 1 amide bonds. The maximum absolute atomic E-state index is 13.2. The van der Waals surface area contributed by atoms with Gasteiger partial charge in [-0.3, -0.25) is 4.79 Å². The summed E-state index contributed by atoms with van der Waals surface area (Å²) in [5.41, 5.74) is 0.380. The predicted octanol–water partition coefficient (Wildman–Crippen LogP) is 3.44. The number of sulfonamides is 1. The van der Waals surface area contributed by atoms with Gasteiger partial charge in [-0.25, -0.2) is 8.42 Å². The van der Waals surface area contributed by atoms with Gasteiger partial charge in [-0.15, -0.1) is 0 Å². The Balaban J connectivity index is 2.16. The number of anilines is 1. The maximum Gasteiger partial charge on any atom is 0.272 e. The van der Waals surface area contributed by atoms with Crippen molar-refractivity contribution in [3.63, 3.8) is 0 Å². The van der Waals surface area contributed by atoms with Gasteiger partial charge < -0.3 is 9.84 Å². The van der Waals surface area contributed by atoms with Crippen molar-refractivity contribution in [1.29, 1.82) is 0 Å². The van der Waals surface area contributed by atoms with E-state index in [1.54, 1.807) is 30.3 Å². The number of carbonyl (C=O) groups excluding carboxylic acids is 1. The fourth-order valence-corrected chi connectivity index (χ4v) is 3.98. The number of nitrogens with zero attached hydrogens (tertiary/aromatic N) is 1. The Labute approximate surface area is 157 Å². The fraction of sp³-hybridized carbons (Fsp3) is 0.0500. The molecule has 27 heavy (non-hydrogen) atoms. The molecule has 3 rings (SSSR count). The molecule has 3 aromatic rings. The molecule has 0 aromatic heterocycles. The lowest BCUT2D eigenvalue weighted by Gasteiger charge is -2.23. The number of carbonyl (C=O) groups is 1. The first-order valence-electron chi connectivity index (χ1n) is 8.01. The molecule has 3 aromatic carbocycles. The largest absolute Gasteiger partial charge is 0.508 e. The first-order valence-corrected chi connectivity index (χ1v) is 9.45. The van der Waals surface area contributed by atoms with E-state index in [-0.39, 0.29) is 21.9 Å². The van der Waals surface area contributed by atoms with E-state index in [1.165, 1.54) is 49.6 Å². The van der Waals surface area contributed by atoms with Crippen LogP contribution < -0.4 is 9.04 Å². The van der Waals surface area contributed by atoms with E-state index in [9.17, 15) is 18.3 Å². The lowest BCUT2D eigenvalue weighted by atomic mass is 10.2. The highest BCUT2D eigenvalue weighted by atomic mass is 32.2. The van der Waals surface area contributed by atoms with Crippen LogP contribution in [0, 0.1) is 0 Å². The van der Waals surface area contributed by atoms with Gasteiger partial charge in [-0.1, -0.05) is 24.3 Å². The summed E-state index contributed by atoms with van der Waals surface area (Å²) >= 11 is 0. The molecule has 0 heterocycles. The maximum atomic E-state index is 13.2. The summed E-state index contributed by atoms with van der Waals surface area (Å²) in [6.45, 7) is 0. The van der Waals surface area contributed by atoms with Crippen molar-refractivity contribution in [2.75, 3.05) is 11.4 Å². The normalized spacial score (nSPS) is 11.0. The Kier molecular flexibility index (Phi) is 5.14. The van der Waals surface area contributed by atoms with Crippen molar-refractivity contribution < 1.29 is 23.1 Å². The number of hydrogen-bond donors (Lipinski definition) is 1. The summed E-state index contributed by atoms with van der Waals surface area (Å²) in [7, 11) is -2.77. The summed E-state index contributed by atoms with van der Waals surface area (Å²) < 4.78 is 32.2. The zero-order valence-electron chi connectivity index (χ0n) is 14.4. The van der Waals surface area contributed by atoms with E-state index in [0.717, 1.165) is 10.4 Å². The number of ether oxygens (including phenoxy) is 1. The fourth-order valence-electron chi connectivity index (χ4n) is 2.53. The van der Waals surface area contributed by atoms with Gasteiger partial charge in [0.25, 0.3) is 15.9 Å². The second kappa shape index (κ2) is 7.51. The second-order valence-electron chi connectivity index (χ2n) is 5.64. The summed E-state index contributed by atoms with van der Waals surface area (Å²) in [5, 5.41) is 9.67. The molecule has 0 unspecified atom stereocenters. The summed E-state index contributed by atoms with van der Waals surface area (Å²) in [6, 6.07) is 19.4. The molecule has 0 spiro atoms. The van der Waals surface area contributed by atoms with Crippen LogP contribution in [0.25, 0.3) is 0 Å². The molecule has 138 valence electrons. The van der Waals surface area contributed by atoms with Gasteiger partial charge in [0.05, 0.1) is 17.7 Å². The van der Waals surface area contributed by atoms with Gasteiger partial charge in [0.1, 0.15) is 11.5 Å². The van der Waals surface area contributed by atoms with E-state index in [0.29, 0.717) is 5.75 Å². The zero-order valence-corrected chi connectivity index (χ0v) is 15.3. The van der Waals surface area contributed by atoms with Gasteiger partial charge >= 0.3 is 0 Å². The van der Waals surface area contributed by atoms with Crippen LogP contribution in [-0.4, -0.2) is 26.5 Å². The van der Waals surface area contributed by atoms with E-state index in [1.807, 2.05) is 0 Å². The standard InChI is InChI=1S/C20H17NO5S/c1-26-18-12-10-16(11-13-18)21(20(23)15-6-3-2-4-7-15)27(24,25)19-9-5-8-17(22)14-19/h2-14,22H,1H3. The molecule has 0 bridgehead atoms.